The zero-order chi connectivity index (χ0) is 27.1. The Balaban J connectivity index is 1.63. The van der Waals surface area contributed by atoms with E-state index in [4.69, 9.17) is 9.47 Å². The van der Waals surface area contributed by atoms with Crippen LogP contribution in [-0.2, 0) is 10.9 Å². The number of hydrogen-bond acceptors (Lipinski definition) is 4. The van der Waals surface area contributed by atoms with Gasteiger partial charge >= 0.3 is 11.9 Å². The van der Waals surface area contributed by atoms with E-state index in [1.165, 1.54) is 23.0 Å². The highest BCUT2D eigenvalue weighted by atomic mass is 31.2. The summed E-state index contributed by atoms with van der Waals surface area (Å²) in [7, 11) is -0.922. The molecule has 5 aromatic carbocycles. The second-order valence-corrected chi connectivity index (χ2v) is 12.5. The zero-order valence-corrected chi connectivity index (χ0v) is 22.5. The Kier molecular flexibility index (Phi) is 7.96. The lowest BCUT2D eigenvalue weighted by molar-refractivity contribution is 0.0587. The molecular formula is C34H28O4P+. The molecule has 0 heterocycles. The van der Waals surface area contributed by atoms with Gasteiger partial charge in [-0.05, 0) is 54.6 Å². The molecule has 0 saturated carbocycles. The first-order chi connectivity index (χ1) is 19.1. The van der Waals surface area contributed by atoms with E-state index >= 15 is 0 Å². The van der Waals surface area contributed by atoms with E-state index in [2.05, 4.69) is 72.8 Å². The first-order valence-corrected chi connectivity index (χ1v) is 14.6. The molecule has 0 fully saturated rings. The Morgan fingerprint density at radius 2 is 0.949 bits per heavy atom. The fourth-order valence-corrected chi connectivity index (χ4v) is 9.12. The molecule has 5 rings (SSSR count). The maximum atomic E-state index is 13.4. The molecule has 0 radical (unpaired) electrons. The smallest absolute Gasteiger partial charge is 0.344 e. The number of rotatable bonds is 8. The summed E-state index contributed by atoms with van der Waals surface area (Å²) in [6.07, 6.45) is 0.646. The second kappa shape index (κ2) is 11.9. The van der Waals surface area contributed by atoms with Crippen molar-refractivity contribution in [2.45, 2.75) is 6.16 Å². The molecule has 5 aromatic rings. The molecule has 0 saturated heterocycles. The van der Waals surface area contributed by atoms with Gasteiger partial charge in [-0.25, -0.2) is 9.59 Å². The summed E-state index contributed by atoms with van der Waals surface area (Å²) in [5.41, 5.74) is 1.24. The number of para-hydroxylation sites is 1. The van der Waals surface area contributed by atoms with Crippen LogP contribution >= 0.6 is 7.26 Å². The predicted octanol–water partition coefficient (Wildman–Crippen LogP) is 6.19. The van der Waals surface area contributed by atoms with Crippen LogP contribution in [0.15, 0.2) is 140 Å². The SMILES string of the molecule is COC(=O)c1ccccc1C(=O)Oc1ccccc1C[P+](c1ccccc1)(c1ccccc1)c1ccccc1. The van der Waals surface area contributed by atoms with Crippen LogP contribution in [0.25, 0.3) is 0 Å². The number of esters is 2. The van der Waals surface area contributed by atoms with Crippen LogP contribution in [0.3, 0.4) is 0 Å². The summed E-state index contributed by atoms with van der Waals surface area (Å²) in [4.78, 5) is 25.7. The summed E-state index contributed by atoms with van der Waals surface area (Å²) < 4.78 is 10.9. The Morgan fingerprint density at radius 3 is 1.44 bits per heavy atom. The van der Waals surface area contributed by atoms with Crippen molar-refractivity contribution in [2.24, 2.45) is 0 Å². The molecule has 0 amide bonds. The van der Waals surface area contributed by atoms with Gasteiger partial charge < -0.3 is 9.47 Å². The molecule has 0 aromatic heterocycles. The molecule has 0 N–H and O–H groups in total. The Hall–Kier alpha value is -4.53. The van der Waals surface area contributed by atoms with Crippen molar-refractivity contribution in [1.29, 1.82) is 0 Å². The number of benzene rings is 5. The van der Waals surface area contributed by atoms with Crippen LogP contribution in [0.2, 0.25) is 0 Å². The minimum atomic E-state index is -2.21. The molecule has 0 bridgehead atoms. The molecule has 192 valence electrons. The highest BCUT2D eigenvalue weighted by Gasteiger charge is 2.46. The van der Waals surface area contributed by atoms with E-state index in [0.717, 1.165) is 5.56 Å². The molecule has 0 unspecified atom stereocenters. The van der Waals surface area contributed by atoms with E-state index in [1.54, 1.807) is 24.3 Å². The van der Waals surface area contributed by atoms with Crippen molar-refractivity contribution in [2.75, 3.05) is 7.11 Å². The molecule has 4 nitrogen and oxygen atoms in total. The van der Waals surface area contributed by atoms with E-state index < -0.39 is 19.2 Å². The maximum Gasteiger partial charge on any atom is 0.344 e. The Labute approximate surface area is 229 Å². The van der Waals surface area contributed by atoms with Crippen molar-refractivity contribution in [3.63, 3.8) is 0 Å². The lowest BCUT2D eigenvalue weighted by atomic mass is 10.1. The maximum absolute atomic E-state index is 13.4. The Morgan fingerprint density at radius 1 is 0.538 bits per heavy atom. The molecule has 0 atom stereocenters. The van der Waals surface area contributed by atoms with Crippen molar-refractivity contribution >= 4 is 35.1 Å². The number of ether oxygens (including phenoxy) is 2. The quantitative estimate of drug-likeness (QED) is 0.136. The second-order valence-electron chi connectivity index (χ2n) is 9.01. The van der Waals surface area contributed by atoms with Gasteiger partial charge in [-0.1, -0.05) is 84.9 Å². The van der Waals surface area contributed by atoms with Crippen LogP contribution < -0.4 is 20.7 Å². The van der Waals surface area contributed by atoms with E-state index in [1.807, 2.05) is 42.5 Å². The van der Waals surface area contributed by atoms with Crippen molar-refractivity contribution in [1.82, 2.24) is 0 Å². The van der Waals surface area contributed by atoms with Gasteiger partial charge in [-0.3, -0.25) is 0 Å². The first-order valence-electron chi connectivity index (χ1n) is 12.7. The van der Waals surface area contributed by atoms with Gasteiger partial charge in [0.2, 0.25) is 0 Å². The number of carbonyl (C=O) groups excluding carboxylic acids is 2. The van der Waals surface area contributed by atoms with E-state index in [9.17, 15) is 9.59 Å². The predicted molar refractivity (Wildman–Crippen MR) is 158 cm³/mol. The molecular weight excluding hydrogens is 503 g/mol. The van der Waals surface area contributed by atoms with Gasteiger partial charge in [-0.15, -0.1) is 0 Å². The topological polar surface area (TPSA) is 52.6 Å². The summed E-state index contributed by atoms with van der Waals surface area (Å²) in [5, 5.41) is 3.71. The van der Waals surface area contributed by atoms with Crippen LogP contribution in [-0.4, -0.2) is 19.0 Å². The fraction of sp³-hybridized carbons (Fsp3) is 0.0588. The average Bonchev–Trinajstić information content (AvgIpc) is 3.01. The van der Waals surface area contributed by atoms with E-state index in [0.29, 0.717) is 11.9 Å². The standard InChI is InChI=1S/C34H28O4P/c1-37-33(35)30-22-12-13-23-31(30)34(36)38-32-24-14-11-15-26(32)25-39(27-16-5-2-6-17-27,28-18-7-3-8-19-28)29-20-9-4-10-21-29/h2-24H,25H2,1H3/q+1. The highest BCUT2D eigenvalue weighted by Crippen LogP contribution is 2.59. The zero-order valence-electron chi connectivity index (χ0n) is 21.6. The third kappa shape index (κ3) is 5.38. The summed E-state index contributed by atoms with van der Waals surface area (Å²) in [6.45, 7) is 0. The lowest BCUT2D eigenvalue weighted by Crippen LogP contribution is -2.32. The summed E-state index contributed by atoms with van der Waals surface area (Å²) in [6, 6.07) is 45.8. The van der Waals surface area contributed by atoms with Gasteiger partial charge in [0.25, 0.3) is 0 Å². The summed E-state index contributed by atoms with van der Waals surface area (Å²) >= 11 is 0. The van der Waals surface area contributed by atoms with Crippen LogP contribution in [0.5, 0.6) is 5.75 Å². The highest BCUT2D eigenvalue weighted by molar-refractivity contribution is 7.95. The van der Waals surface area contributed by atoms with Crippen molar-refractivity contribution in [3.05, 3.63) is 156 Å². The fourth-order valence-electron chi connectivity index (χ4n) is 4.86. The molecule has 5 heteroatoms. The van der Waals surface area contributed by atoms with Crippen LogP contribution in [0, 0.1) is 0 Å². The number of methoxy groups -OCH3 is 1. The van der Waals surface area contributed by atoms with Gasteiger partial charge in [-0.2, -0.15) is 0 Å². The van der Waals surface area contributed by atoms with Gasteiger partial charge in [0.05, 0.1) is 18.2 Å². The van der Waals surface area contributed by atoms with Crippen molar-refractivity contribution in [3.8, 4) is 5.75 Å². The Bertz CT molecular complexity index is 1470. The number of hydrogen-bond donors (Lipinski definition) is 0. The molecule has 0 aliphatic carbocycles. The lowest BCUT2D eigenvalue weighted by Gasteiger charge is -2.28. The molecule has 0 aliphatic heterocycles. The third-order valence-corrected chi connectivity index (χ3v) is 11.1. The van der Waals surface area contributed by atoms with Crippen LogP contribution in [0.4, 0.5) is 0 Å². The molecule has 0 spiro atoms. The van der Waals surface area contributed by atoms with E-state index in [-0.39, 0.29) is 11.1 Å². The molecule has 0 aliphatic rings. The third-order valence-electron chi connectivity index (χ3n) is 6.73. The average molecular weight is 532 g/mol. The minimum absolute atomic E-state index is 0.161. The summed E-state index contributed by atoms with van der Waals surface area (Å²) in [5.74, 6) is -0.723. The number of carbonyl (C=O) groups is 2. The van der Waals surface area contributed by atoms with Gasteiger partial charge in [0.15, 0.2) is 0 Å². The minimum Gasteiger partial charge on any atom is -0.465 e. The largest absolute Gasteiger partial charge is 0.465 e. The normalized spacial score (nSPS) is 11.0. The monoisotopic (exact) mass is 531 g/mol. The molecule has 39 heavy (non-hydrogen) atoms. The van der Waals surface area contributed by atoms with Gasteiger partial charge in [0.1, 0.15) is 35.1 Å². The van der Waals surface area contributed by atoms with Gasteiger partial charge in [0, 0.05) is 5.56 Å². The van der Waals surface area contributed by atoms with Crippen molar-refractivity contribution < 1.29 is 19.1 Å². The first kappa shape index (κ1) is 26.1. The van der Waals surface area contributed by atoms with Crippen LogP contribution in [0.1, 0.15) is 26.3 Å².